The van der Waals surface area contributed by atoms with Gasteiger partial charge in [0.25, 0.3) is 0 Å². The van der Waals surface area contributed by atoms with Gasteiger partial charge < -0.3 is 0 Å². The van der Waals surface area contributed by atoms with Crippen molar-refractivity contribution in [3.63, 3.8) is 0 Å². The first-order valence-electron chi connectivity index (χ1n) is 4.63. The molecule has 0 unspecified atom stereocenters. The average molecular weight is 255 g/mol. The maximum atomic E-state index is 11.9. The van der Waals surface area contributed by atoms with E-state index >= 15 is 0 Å². The minimum atomic E-state index is -0.305. The van der Waals surface area contributed by atoms with E-state index < -0.39 is 0 Å². The van der Waals surface area contributed by atoms with Gasteiger partial charge in [-0.3, -0.25) is 4.79 Å². The lowest BCUT2D eigenvalue weighted by atomic mass is 9.86. The number of carbonyl (C=O) groups is 1. The highest BCUT2D eigenvalue weighted by Gasteiger charge is 2.22. The molecule has 0 aliphatic carbocycles. The lowest BCUT2D eigenvalue weighted by Gasteiger charge is -2.16. The Morgan fingerprint density at radius 3 is 2.29 bits per heavy atom. The van der Waals surface area contributed by atoms with E-state index in [0.717, 1.165) is 15.6 Å². The zero-order valence-corrected chi connectivity index (χ0v) is 10.6. The Morgan fingerprint density at radius 2 is 1.86 bits per heavy atom. The lowest BCUT2D eigenvalue weighted by molar-refractivity contribution is 0.0858. The molecule has 0 heterocycles. The van der Waals surface area contributed by atoms with Crippen molar-refractivity contribution in [2.75, 3.05) is 0 Å². The Labute approximate surface area is 93.7 Å². The van der Waals surface area contributed by atoms with Crippen LogP contribution in [0.4, 0.5) is 0 Å². The average Bonchev–Trinajstić information content (AvgIpc) is 2.07. The fourth-order valence-electron chi connectivity index (χ4n) is 1.22. The Morgan fingerprint density at radius 1 is 1.29 bits per heavy atom. The smallest absolute Gasteiger partial charge is 0.168 e. The number of halogens is 1. The van der Waals surface area contributed by atoms with Crippen LogP contribution in [-0.4, -0.2) is 5.78 Å². The molecule has 0 aliphatic heterocycles. The highest BCUT2D eigenvalue weighted by atomic mass is 79.9. The van der Waals surface area contributed by atoms with Gasteiger partial charge in [0.1, 0.15) is 0 Å². The van der Waals surface area contributed by atoms with E-state index in [4.69, 9.17) is 0 Å². The van der Waals surface area contributed by atoms with Crippen LogP contribution in [0.5, 0.6) is 0 Å². The fourth-order valence-corrected chi connectivity index (χ4v) is 1.47. The van der Waals surface area contributed by atoms with Gasteiger partial charge in [-0.05, 0) is 24.6 Å². The summed E-state index contributed by atoms with van der Waals surface area (Å²) in [7, 11) is 0. The second-order valence-electron chi connectivity index (χ2n) is 4.54. The number of ketones is 1. The van der Waals surface area contributed by atoms with Crippen molar-refractivity contribution in [1.29, 1.82) is 0 Å². The first-order valence-corrected chi connectivity index (χ1v) is 5.42. The normalized spacial score (nSPS) is 11.5. The first-order chi connectivity index (χ1) is 6.32. The summed E-state index contributed by atoms with van der Waals surface area (Å²) in [4.78, 5) is 11.9. The Bertz CT molecular complexity index is 361. The van der Waals surface area contributed by atoms with Gasteiger partial charge in [0.2, 0.25) is 0 Å². The van der Waals surface area contributed by atoms with E-state index in [0.29, 0.717) is 0 Å². The zero-order chi connectivity index (χ0) is 10.9. The molecule has 2 heteroatoms. The van der Waals surface area contributed by atoms with Gasteiger partial charge in [-0.2, -0.15) is 0 Å². The predicted octanol–water partition coefficient (Wildman–Crippen LogP) is 3.99. The number of rotatable bonds is 1. The Kier molecular flexibility index (Phi) is 3.15. The van der Waals surface area contributed by atoms with Gasteiger partial charge in [-0.25, -0.2) is 0 Å². The highest BCUT2D eigenvalue weighted by Crippen LogP contribution is 2.24. The third-order valence-corrected chi connectivity index (χ3v) is 2.99. The Hall–Kier alpha value is -0.630. The van der Waals surface area contributed by atoms with Gasteiger partial charge in [-0.1, -0.05) is 42.8 Å². The molecule has 0 saturated carbocycles. The number of hydrogen-bond acceptors (Lipinski definition) is 1. The molecule has 0 radical (unpaired) electrons. The van der Waals surface area contributed by atoms with Crippen LogP contribution in [0.25, 0.3) is 0 Å². The van der Waals surface area contributed by atoms with Crippen molar-refractivity contribution in [3.8, 4) is 0 Å². The van der Waals surface area contributed by atoms with E-state index in [1.54, 1.807) is 0 Å². The zero-order valence-electron chi connectivity index (χ0n) is 9.02. The second kappa shape index (κ2) is 3.85. The maximum Gasteiger partial charge on any atom is 0.168 e. The van der Waals surface area contributed by atoms with Crippen molar-refractivity contribution >= 4 is 21.7 Å². The third-order valence-electron chi connectivity index (χ3n) is 2.10. The van der Waals surface area contributed by atoms with Crippen LogP contribution >= 0.6 is 15.9 Å². The van der Waals surface area contributed by atoms with Crippen molar-refractivity contribution in [2.45, 2.75) is 27.7 Å². The van der Waals surface area contributed by atoms with E-state index in [2.05, 4.69) is 15.9 Å². The molecule has 0 amide bonds. The summed E-state index contributed by atoms with van der Waals surface area (Å²) in [5.74, 6) is 0.188. The van der Waals surface area contributed by atoms with Gasteiger partial charge in [0.15, 0.2) is 5.78 Å². The summed E-state index contributed by atoms with van der Waals surface area (Å²) >= 11 is 3.42. The molecule has 1 aromatic rings. The van der Waals surface area contributed by atoms with Crippen molar-refractivity contribution in [1.82, 2.24) is 0 Å². The summed E-state index contributed by atoms with van der Waals surface area (Å²) in [5.41, 5.74) is 1.58. The molecule has 1 rings (SSSR count). The first kappa shape index (κ1) is 11.4. The second-order valence-corrected chi connectivity index (χ2v) is 5.40. The third kappa shape index (κ3) is 2.44. The fraction of sp³-hybridized carbons (Fsp3) is 0.417. The SMILES string of the molecule is Cc1cc(C(=O)C(C)(C)C)ccc1Br. The molecule has 0 fully saturated rings. The van der Waals surface area contributed by atoms with Crippen LogP contribution in [0, 0.1) is 12.3 Å². The maximum absolute atomic E-state index is 11.9. The highest BCUT2D eigenvalue weighted by molar-refractivity contribution is 9.10. The van der Waals surface area contributed by atoms with E-state index in [9.17, 15) is 4.79 Å². The largest absolute Gasteiger partial charge is 0.294 e. The standard InChI is InChI=1S/C12H15BrO/c1-8-7-9(5-6-10(8)13)11(14)12(2,3)4/h5-7H,1-4H3. The molecular weight excluding hydrogens is 240 g/mol. The topological polar surface area (TPSA) is 17.1 Å². The summed E-state index contributed by atoms with van der Waals surface area (Å²) < 4.78 is 1.04. The number of benzene rings is 1. The lowest BCUT2D eigenvalue weighted by Crippen LogP contribution is -2.20. The molecule has 1 nitrogen and oxygen atoms in total. The molecule has 0 N–H and O–H groups in total. The molecule has 14 heavy (non-hydrogen) atoms. The molecule has 0 atom stereocenters. The van der Waals surface area contributed by atoms with E-state index in [1.807, 2.05) is 45.9 Å². The minimum absolute atomic E-state index is 0.188. The molecule has 1 aromatic carbocycles. The monoisotopic (exact) mass is 254 g/mol. The van der Waals surface area contributed by atoms with Crippen molar-refractivity contribution in [2.24, 2.45) is 5.41 Å². The van der Waals surface area contributed by atoms with Crippen molar-refractivity contribution < 1.29 is 4.79 Å². The van der Waals surface area contributed by atoms with E-state index in [1.165, 1.54) is 0 Å². The molecule has 0 aromatic heterocycles. The molecule has 0 spiro atoms. The quantitative estimate of drug-likeness (QED) is 0.693. The molecule has 0 aliphatic rings. The molecule has 0 bridgehead atoms. The summed E-state index contributed by atoms with van der Waals surface area (Å²) in [5, 5.41) is 0. The summed E-state index contributed by atoms with van der Waals surface area (Å²) in [6.07, 6.45) is 0. The van der Waals surface area contributed by atoms with Crippen LogP contribution in [0.3, 0.4) is 0 Å². The molecular formula is C12H15BrO. The molecule has 76 valence electrons. The number of aryl methyl sites for hydroxylation is 1. The van der Waals surface area contributed by atoms with E-state index in [-0.39, 0.29) is 11.2 Å². The predicted molar refractivity (Wildman–Crippen MR) is 62.7 cm³/mol. The minimum Gasteiger partial charge on any atom is -0.294 e. The van der Waals surface area contributed by atoms with Crippen LogP contribution in [0.15, 0.2) is 22.7 Å². The number of hydrogen-bond donors (Lipinski definition) is 0. The van der Waals surface area contributed by atoms with Crippen LogP contribution in [0.1, 0.15) is 36.7 Å². The van der Waals surface area contributed by atoms with Crippen LogP contribution < -0.4 is 0 Å². The van der Waals surface area contributed by atoms with Gasteiger partial charge in [0.05, 0.1) is 0 Å². The Balaban J connectivity index is 3.10. The van der Waals surface area contributed by atoms with Gasteiger partial charge >= 0.3 is 0 Å². The van der Waals surface area contributed by atoms with Crippen molar-refractivity contribution in [3.05, 3.63) is 33.8 Å². The van der Waals surface area contributed by atoms with Gasteiger partial charge in [0, 0.05) is 15.5 Å². The number of Topliss-reactive ketones (excluding diaryl/α,β-unsaturated/α-hetero) is 1. The molecule has 0 saturated heterocycles. The summed E-state index contributed by atoms with van der Waals surface area (Å²) in [6, 6.07) is 5.72. The van der Waals surface area contributed by atoms with Crippen LogP contribution in [-0.2, 0) is 0 Å². The van der Waals surface area contributed by atoms with Crippen LogP contribution in [0.2, 0.25) is 0 Å². The summed E-state index contributed by atoms with van der Waals surface area (Å²) in [6.45, 7) is 7.80. The van der Waals surface area contributed by atoms with Gasteiger partial charge in [-0.15, -0.1) is 0 Å². The number of carbonyl (C=O) groups excluding carboxylic acids is 1.